The van der Waals surface area contributed by atoms with Crippen molar-refractivity contribution in [2.75, 3.05) is 0 Å². The lowest BCUT2D eigenvalue weighted by Gasteiger charge is -2.00. The van der Waals surface area contributed by atoms with Crippen molar-refractivity contribution >= 4 is 0 Å². The number of hydrogen-bond acceptors (Lipinski definition) is 2. The fourth-order valence-corrected chi connectivity index (χ4v) is 2.80. The Labute approximate surface area is 177 Å². The van der Waals surface area contributed by atoms with Gasteiger partial charge in [-0.1, -0.05) is 59.1 Å². The van der Waals surface area contributed by atoms with Gasteiger partial charge >= 0.3 is 0 Å². The molecule has 2 aromatic carbocycles. The minimum atomic E-state index is 0.814. The highest BCUT2D eigenvalue weighted by Gasteiger charge is 2.01. The van der Waals surface area contributed by atoms with Crippen molar-refractivity contribution in [1.82, 2.24) is 9.97 Å². The standard InChI is InChI=1S/C28H20N2/c1-21-3-7-23(8-4-21)11-13-25-15-17-27(29-19-25)28-18-16-26(20-30-28)14-12-24-9-5-22(2)6-10-24/h3-10,15-20H,1-2H3. The van der Waals surface area contributed by atoms with Crippen LogP contribution in [0.1, 0.15) is 33.4 Å². The quantitative estimate of drug-likeness (QED) is 0.402. The van der Waals surface area contributed by atoms with Crippen LogP contribution in [-0.2, 0) is 0 Å². The lowest BCUT2D eigenvalue weighted by Crippen LogP contribution is -1.89. The zero-order valence-corrected chi connectivity index (χ0v) is 17.0. The van der Waals surface area contributed by atoms with Gasteiger partial charge in [-0.25, -0.2) is 0 Å². The number of rotatable bonds is 1. The summed E-state index contributed by atoms with van der Waals surface area (Å²) in [5.74, 6) is 12.6. The predicted molar refractivity (Wildman–Crippen MR) is 122 cm³/mol. The minimum Gasteiger partial charge on any atom is -0.253 e. The van der Waals surface area contributed by atoms with E-state index in [0.29, 0.717) is 0 Å². The topological polar surface area (TPSA) is 25.8 Å². The summed E-state index contributed by atoms with van der Waals surface area (Å²) in [7, 11) is 0. The predicted octanol–water partition coefficient (Wildman–Crippen LogP) is 5.56. The molecule has 0 bridgehead atoms. The molecule has 0 unspecified atom stereocenters. The lowest BCUT2D eigenvalue weighted by atomic mass is 10.1. The van der Waals surface area contributed by atoms with Gasteiger partial charge in [-0.3, -0.25) is 9.97 Å². The van der Waals surface area contributed by atoms with Gasteiger partial charge in [-0.2, -0.15) is 0 Å². The molecule has 4 rings (SSSR count). The Morgan fingerprint density at radius 1 is 0.433 bits per heavy atom. The maximum absolute atomic E-state index is 4.51. The average Bonchev–Trinajstić information content (AvgIpc) is 2.79. The highest BCUT2D eigenvalue weighted by atomic mass is 14.8. The van der Waals surface area contributed by atoms with Crippen molar-refractivity contribution < 1.29 is 0 Å². The van der Waals surface area contributed by atoms with Gasteiger partial charge in [0, 0.05) is 34.6 Å². The highest BCUT2D eigenvalue weighted by Crippen LogP contribution is 2.14. The molecule has 0 radical (unpaired) electrons. The van der Waals surface area contributed by atoms with Crippen LogP contribution in [0.5, 0.6) is 0 Å². The van der Waals surface area contributed by atoms with E-state index in [2.05, 4.69) is 71.8 Å². The van der Waals surface area contributed by atoms with Gasteiger partial charge in [0.05, 0.1) is 11.4 Å². The molecular weight excluding hydrogens is 364 g/mol. The van der Waals surface area contributed by atoms with Gasteiger partial charge in [0.2, 0.25) is 0 Å². The van der Waals surface area contributed by atoms with Gasteiger partial charge in [-0.05, 0) is 62.4 Å². The zero-order chi connectivity index (χ0) is 20.8. The molecule has 0 saturated carbocycles. The molecular formula is C28H20N2. The fraction of sp³-hybridized carbons (Fsp3) is 0.0714. The molecule has 0 N–H and O–H groups in total. The maximum atomic E-state index is 4.51. The molecule has 30 heavy (non-hydrogen) atoms. The molecule has 2 heterocycles. The fourth-order valence-electron chi connectivity index (χ4n) is 2.80. The molecule has 0 aliphatic rings. The number of nitrogens with zero attached hydrogens (tertiary/aromatic N) is 2. The normalized spacial score (nSPS) is 9.80. The van der Waals surface area contributed by atoms with E-state index in [4.69, 9.17) is 0 Å². The Hall–Kier alpha value is -4.14. The number of hydrogen-bond donors (Lipinski definition) is 0. The van der Waals surface area contributed by atoms with Crippen LogP contribution < -0.4 is 0 Å². The van der Waals surface area contributed by atoms with Crippen LogP contribution in [-0.4, -0.2) is 9.97 Å². The minimum absolute atomic E-state index is 0.814. The zero-order valence-electron chi connectivity index (χ0n) is 17.0. The van der Waals surface area contributed by atoms with Crippen LogP contribution in [0.15, 0.2) is 85.2 Å². The van der Waals surface area contributed by atoms with Crippen LogP contribution in [0.2, 0.25) is 0 Å². The molecule has 0 aliphatic carbocycles. The number of pyridine rings is 2. The van der Waals surface area contributed by atoms with Crippen LogP contribution in [0.3, 0.4) is 0 Å². The molecule has 0 atom stereocenters. The van der Waals surface area contributed by atoms with E-state index in [1.165, 1.54) is 11.1 Å². The van der Waals surface area contributed by atoms with Gasteiger partial charge < -0.3 is 0 Å². The van der Waals surface area contributed by atoms with Crippen LogP contribution >= 0.6 is 0 Å². The van der Waals surface area contributed by atoms with Gasteiger partial charge in [0.15, 0.2) is 0 Å². The first-order valence-electron chi connectivity index (χ1n) is 9.76. The van der Waals surface area contributed by atoms with E-state index in [-0.39, 0.29) is 0 Å². The Morgan fingerprint density at radius 2 is 0.767 bits per heavy atom. The third kappa shape index (κ3) is 5.02. The van der Waals surface area contributed by atoms with Gasteiger partial charge in [-0.15, -0.1) is 0 Å². The second kappa shape index (κ2) is 8.91. The van der Waals surface area contributed by atoms with E-state index >= 15 is 0 Å². The summed E-state index contributed by atoms with van der Waals surface area (Å²) in [6.45, 7) is 4.13. The number of aromatic nitrogens is 2. The molecule has 0 amide bonds. The summed E-state index contributed by atoms with van der Waals surface area (Å²) in [5.41, 5.74) is 7.82. The third-order valence-electron chi connectivity index (χ3n) is 4.59. The SMILES string of the molecule is Cc1ccc(C#Cc2ccc(-c3ccc(C#Cc4ccc(C)cc4)cn3)nc2)cc1. The number of benzene rings is 2. The van der Waals surface area contributed by atoms with Crippen LogP contribution in [0.25, 0.3) is 11.4 Å². The van der Waals surface area contributed by atoms with Crippen LogP contribution in [0.4, 0.5) is 0 Å². The Morgan fingerprint density at radius 3 is 1.10 bits per heavy atom. The van der Waals surface area contributed by atoms with E-state index in [9.17, 15) is 0 Å². The molecule has 0 fully saturated rings. The largest absolute Gasteiger partial charge is 0.253 e. The summed E-state index contributed by atoms with van der Waals surface area (Å²) in [6.07, 6.45) is 3.56. The van der Waals surface area contributed by atoms with Crippen LogP contribution in [0, 0.1) is 37.5 Å². The Balaban J connectivity index is 1.46. The first kappa shape index (κ1) is 19.2. The summed E-state index contributed by atoms with van der Waals surface area (Å²) < 4.78 is 0. The highest BCUT2D eigenvalue weighted by molar-refractivity contribution is 5.56. The smallest absolute Gasteiger partial charge is 0.0887 e. The van der Waals surface area contributed by atoms with E-state index in [1.54, 1.807) is 12.4 Å². The van der Waals surface area contributed by atoms with E-state index in [0.717, 1.165) is 33.6 Å². The molecule has 4 aromatic rings. The summed E-state index contributed by atoms with van der Waals surface area (Å²) >= 11 is 0. The number of aryl methyl sites for hydroxylation is 2. The van der Waals surface area contributed by atoms with Crippen molar-refractivity contribution in [3.63, 3.8) is 0 Å². The van der Waals surface area contributed by atoms with Crippen molar-refractivity contribution in [3.8, 4) is 35.1 Å². The molecule has 2 nitrogen and oxygen atoms in total. The van der Waals surface area contributed by atoms with Crippen molar-refractivity contribution in [1.29, 1.82) is 0 Å². The maximum Gasteiger partial charge on any atom is 0.0887 e. The Bertz CT molecular complexity index is 1150. The first-order chi connectivity index (χ1) is 14.7. The monoisotopic (exact) mass is 384 g/mol. The van der Waals surface area contributed by atoms with E-state index < -0.39 is 0 Å². The summed E-state index contributed by atoms with van der Waals surface area (Å²) in [5, 5.41) is 0. The third-order valence-corrected chi connectivity index (χ3v) is 4.59. The second-order valence-electron chi connectivity index (χ2n) is 7.10. The molecule has 2 aromatic heterocycles. The second-order valence-corrected chi connectivity index (χ2v) is 7.10. The summed E-state index contributed by atoms with van der Waals surface area (Å²) in [4.78, 5) is 9.01. The lowest BCUT2D eigenvalue weighted by molar-refractivity contribution is 1.24. The van der Waals surface area contributed by atoms with Gasteiger partial charge in [0.1, 0.15) is 0 Å². The molecule has 0 saturated heterocycles. The Kier molecular flexibility index (Phi) is 5.70. The average molecular weight is 384 g/mol. The summed E-state index contributed by atoms with van der Waals surface area (Å²) in [6, 6.07) is 24.2. The molecule has 142 valence electrons. The molecule has 2 heteroatoms. The first-order valence-corrected chi connectivity index (χ1v) is 9.76. The molecule has 0 spiro atoms. The van der Waals surface area contributed by atoms with Gasteiger partial charge in [0.25, 0.3) is 0 Å². The van der Waals surface area contributed by atoms with Crippen molar-refractivity contribution in [2.45, 2.75) is 13.8 Å². The van der Waals surface area contributed by atoms with Crippen molar-refractivity contribution in [2.24, 2.45) is 0 Å². The van der Waals surface area contributed by atoms with Crippen molar-refractivity contribution in [3.05, 3.63) is 119 Å². The molecule has 0 aliphatic heterocycles. The van der Waals surface area contributed by atoms with E-state index in [1.807, 2.05) is 48.5 Å².